The lowest BCUT2D eigenvalue weighted by atomic mass is 9.91. The van der Waals surface area contributed by atoms with Crippen molar-refractivity contribution in [2.24, 2.45) is 0 Å². The summed E-state index contributed by atoms with van der Waals surface area (Å²) in [5, 5.41) is 13.7. The van der Waals surface area contributed by atoms with Crippen molar-refractivity contribution in [2.75, 3.05) is 0 Å². The van der Waals surface area contributed by atoms with Gasteiger partial charge in [0.25, 0.3) is 11.6 Å². The van der Waals surface area contributed by atoms with E-state index in [-0.39, 0.29) is 12.2 Å². The number of hydrogen-bond acceptors (Lipinski definition) is 4. The molecule has 26 heavy (non-hydrogen) atoms. The second-order valence-corrected chi connectivity index (χ2v) is 6.68. The van der Waals surface area contributed by atoms with Gasteiger partial charge < -0.3 is 5.32 Å². The average molecular weight is 353 g/mol. The van der Waals surface area contributed by atoms with Crippen molar-refractivity contribution in [2.45, 2.75) is 32.9 Å². The van der Waals surface area contributed by atoms with Crippen LogP contribution in [0.4, 0.5) is 10.5 Å². The van der Waals surface area contributed by atoms with Crippen LogP contribution in [0.25, 0.3) is 0 Å². The van der Waals surface area contributed by atoms with Gasteiger partial charge in [-0.2, -0.15) is 0 Å². The zero-order chi connectivity index (χ0) is 19.1. The Balaban J connectivity index is 1.94. The number of rotatable bonds is 4. The van der Waals surface area contributed by atoms with Gasteiger partial charge in [-0.3, -0.25) is 19.8 Å². The summed E-state index contributed by atoms with van der Waals surface area (Å²) in [7, 11) is 0. The van der Waals surface area contributed by atoms with Crippen LogP contribution in [0.1, 0.15) is 29.2 Å². The van der Waals surface area contributed by atoms with E-state index in [1.54, 1.807) is 13.0 Å². The third-order valence-electron chi connectivity index (χ3n) is 4.74. The van der Waals surface area contributed by atoms with E-state index in [1.807, 2.05) is 32.0 Å². The topological polar surface area (TPSA) is 92.6 Å². The van der Waals surface area contributed by atoms with Gasteiger partial charge >= 0.3 is 6.03 Å². The summed E-state index contributed by atoms with van der Waals surface area (Å²) < 4.78 is 0. The molecule has 0 bridgehead atoms. The molecule has 1 N–H and O–H groups in total. The molecule has 7 heteroatoms. The highest BCUT2D eigenvalue weighted by Crippen LogP contribution is 2.32. The van der Waals surface area contributed by atoms with Gasteiger partial charge in [0.15, 0.2) is 0 Å². The Morgan fingerprint density at radius 1 is 1.15 bits per heavy atom. The Bertz CT molecular complexity index is 925. The van der Waals surface area contributed by atoms with Gasteiger partial charge in [-0.15, -0.1) is 0 Å². The largest absolute Gasteiger partial charge is 0.325 e. The second kappa shape index (κ2) is 6.25. The van der Waals surface area contributed by atoms with E-state index in [0.717, 1.165) is 21.6 Å². The Hall–Kier alpha value is -3.22. The molecule has 2 aromatic carbocycles. The Morgan fingerprint density at radius 2 is 1.88 bits per heavy atom. The number of aryl methyl sites for hydroxylation is 2. The number of amides is 3. The van der Waals surface area contributed by atoms with Crippen molar-refractivity contribution in [3.63, 3.8) is 0 Å². The molecule has 1 atom stereocenters. The molecule has 1 fully saturated rings. The average Bonchev–Trinajstić information content (AvgIpc) is 2.82. The first-order valence-corrected chi connectivity index (χ1v) is 8.17. The van der Waals surface area contributed by atoms with E-state index in [0.29, 0.717) is 5.56 Å². The number of nitrogens with zero attached hydrogens (tertiary/aromatic N) is 2. The van der Waals surface area contributed by atoms with Crippen LogP contribution in [0.5, 0.6) is 0 Å². The smallest absolute Gasteiger partial charge is 0.319 e. The lowest BCUT2D eigenvalue weighted by Crippen LogP contribution is -2.40. The number of nitrogens with one attached hydrogen (secondary N) is 1. The van der Waals surface area contributed by atoms with E-state index < -0.39 is 22.4 Å². The molecule has 134 valence electrons. The van der Waals surface area contributed by atoms with Crippen LogP contribution in [-0.4, -0.2) is 21.8 Å². The van der Waals surface area contributed by atoms with Crippen molar-refractivity contribution >= 4 is 17.6 Å². The monoisotopic (exact) mass is 353 g/mol. The van der Waals surface area contributed by atoms with Gasteiger partial charge in [-0.05, 0) is 37.5 Å². The minimum absolute atomic E-state index is 0.126. The number of benzene rings is 2. The predicted molar refractivity (Wildman–Crippen MR) is 95.4 cm³/mol. The molecular formula is C19H19N3O4. The Labute approximate surface area is 150 Å². The van der Waals surface area contributed by atoms with E-state index in [2.05, 4.69) is 5.32 Å². The minimum Gasteiger partial charge on any atom is -0.319 e. The third kappa shape index (κ3) is 2.92. The van der Waals surface area contributed by atoms with Crippen molar-refractivity contribution in [1.29, 1.82) is 0 Å². The van der Waals surface area contributed by atoms with Crippen molar-refractivity contribution in [3.05, 3.63) is 74.8 Å². The van der Waals surface area contributed by atoms with E-state index in [4.69, 9.17) is 0 Å². The number of non-ortho nitro benzene ring substituents is 1. The van der Waals surface area contributed by atoms with Crippen LogP contribution >= 0.6 is 0 Å². The molecule has 1 aliphatic rings. The highest BCUT2D eigenvalue weighted by atomic mass is 16.6. The summed E-state index contributed by atoms with van der Waals surface area (Å²) in [5.41, 5.74) is 1.84. The number of imide groups is 1. The summed E-state index contributed by atoms with van der Waals surface area (Å²) in [4.78, 5) is 37.1. The molecule has 2 aromatic rings. The Kier molecular flexibility index (Phi) is 4.23. The van der Waals surface area contributed by atoms with Crippen molar-refractivity contribution in [1.82, 2.24) is 10.2 Å². The zero-order valence-corrected chi connectivity index (χ0v) is 14.8. The van der Waals surface area contributed by atoms with E-state index in [9.17, 15) is 19.7 Å². The molecule has 0 aliphatic carbocycles. The summed E-state index contributed by atoms with van der Waals surface area (Å²) >= 11 is 0. The molecule has 1 saturated heterocycles. The number of carbonyl (C=O) groups excluding carboxylic acids is 2. The minimum atomic E-state index is -1.33. The molecular weight excluding hydrogens is 334 g/mol. The fraction of sp³-hybridized carbons (Fsp3) is 0.263. The molecule has 0 aromatic heterocycles. The highest BCUT2D eigenvalue weighted by Gasteiger charge is 2.49. The van der Waals surface area contributed by atoms with Crippen molar-refractivity contribution < 1.29 is 14.5 Å². The first-order valence-electron chi connectivity index (χ1n) is 8.17. The molecule has 7 nitrogen and oxygen atoms in total. The summed E-state index contributed by atoms with van der Waals surface area (Å²) in [6.07, 6.45) is 0. The van der Waals surface area contributed by atoms with Crippen LogP contribution < -0.4 is 5.32 Å². The standard InChI is InChI=1S/C19H19N3O4/c1-12-7-8-13(2)14(9-12)11-21-17(23)19(3,20-18(21)24)15-5-4-6-16(10-15)22(25)26/h4-10H,11H2,1-3H3,(H,20,24). The predicted octanol–water partition coefficient (Wildman–Crippen LogP) is 3.18. The second-order valence-electron chi connectivity index (χ2n) is 6.68. The maximum atomic E-state index is 13.0. The molecule has 3 rings (SSSR count). The fourth-order valence-corrected chi connectivity index (χ4v) is 3.11. The van der Waals surface area contributed by atoms with Gasteiger partial charge in [0.05, 0.1) is 11.5 Å². The number of carbonyl (C=O) groups is 2. The molecule has 1 unspecified atom stereocenters. The van der Waals surface area contributed by atoms with Gasteiger partial charge in [0.2, 0.25) is 0 Å². The quantitative estimate of drug-likeness (QED) is 0.519. The van der Waals surface area contributed by atoms with Gasteiger partial charge in [-0.25, -0.2) is 4.79 Å². The highest BCUT2D eigenvalue weighted by molar-refractivity contribution is 6.07. The molecule has 0 saturated carbocycles. The number of hydrogen-bond donors (Lipinski definition) is 1. The summed E-state index contributed by atoms with van der Waals surface area (Å²) in [6.45, 7) is 5.59. The van der Waals surface area contributed by atoms with Gasteiger partial charge in [0, 0.05) is 12.1 Å². The normalized spacial score (nSPS) is 19.6. The first kappa shape index (κ1) is 17.6. The van der Waals surface area contributed by atoms with Crippen LogP contribution in [-0.2, 0) is 16.9 Å². The maximum Gasteiger partial charge on any atom is 0.325 e. The SMILES string of the molecule is Cc1ccc(C)c(CN2C(=O)NC(C)(c3cccc([N+](=O)[O-])c3)C2=O)c1. The molecule has 0 radical (unpaired) electrons. The molecule has 1 heterocycles. The van der Waals surface area contributed by atoms with Gasteiger partial charge in [0.1, 0.15) is 5.54 Å². The van der Waals surface area contributed by atoms with Gasteiger partial charge in [-0.1, -0.05) is 35.9 Å². The molecule has 3 amide bonds. The maximum absolute atomic E-state index is 13.0. The molecule has 1 aliphatic heterocycles. The number of nitro benzene ring substituents is 1. The van der Waals surface area contributed by atoms with Crippen LogP contribution in [0, 0.1) is 24.0 Å². The Morgan fingerprint density at radius 3 is 2.58 bits per heavy atom. The number of nitro groups is 1. The third-order valence-corrected chi connectivity index (χ3v) is 4.74. The van der Waals surface area contributed by atoms with Crippen LogP contribution in [0.3, 0.4) is 0 Å². The van der Waals surface area contributed by atoms with Crippen molar-refractivity contribution in [3.8, 4) is 0 Å². The summed E-state index contributed by atoms with van der Waals surface area (Å²) in [5.74, 6) is -0.427. The van der Waals surface area contributed by atoms with Crippen LogP contribution in [0.2, 0.25) is 0 Å². The summed E-state index contributed by atoms with van der Waals surface area (Å²) in [6, 6.07) is 11.1. The molecule has 0 spiro atoms. The lowest BCUT2D eigenvalue weighted by molar-refractivity contribution is -0.385. The van der Waals surface area contributed by atoms with Crippen LogP contribution in [0.15, 0.2) is 42.5 Å². The van der Waals surface area contributed by atoms with E-state index >= 15 is 0 Å². The number of urea groups is 1. The lowest BCUT2D eigenvalue weighted by Gasteiger charge is -2.22. The fourth-order valence-electron chi connectivity index (χ4n) is 3.11. The zero-order valence-electron chi connectivity index (χ0n) is 14.8. The van der Waals surface area contributed by atoms with E-state index in [1.165, 1.54) is 18.2 Å². The first-order chi connectivity index (χ1) is 12.2.